The van der Waals surface area contributed by atoms with E-state index in [4.69, 9.17) is 0 Å². The van der Waals surface area contributed by atoms with Crippen LogP contribution in [-0.4, -0.2) is 51.9 Å². The summed E-state index contributed by atoms with van der Waals surface area (Å²) in [4.78, 5) is 13.5. The molecular formula is C16H20N4O3S3. The number of rotatable bonds is 6. The van der Waals surface area contributed by atoms with E-state index in [2.05, 4.69) is 20.1 Å². The van der Waals surface area contributed by atoms with Gasteiger partial charge in [-0.2, -0.15) is 0 Å². The van der Waals surface area contributed by atoms with Crippen LogP contribution in [0.15, 0.2) is 22.7 Å². The van der Waals surface area contributed by atoms with Crippen molar-refractivity contribution in [3.8, 4) is 10.7 Å². The highest BCUT2D eigenvalue weighted by Gasteiger charge is 2.33. The van der Waals surface area contributed by atoms with Crippen LogP contribution in [0.1, 0.15) is 32.2 Å². The van der Waals surface area contributed by atoms with Gasteiger partial charge in [0.05, 0.1) is 21.6 Å². The highest BCUT2D eigenvalue weighted by molar-refractivity contribution is 8.00. The lowest BCUT2D eigenvalue weighted by Gasteiger charge is -2.16. The van der Waals surface area contributed by atoms with Crippen molar-refractivity contribution in [3.63, 3.8) is 0 Å². The number of nitrogens with zero attached hydrogens (tertiary/aromatic N) is 3. The summed E-state index contributed by atoms with van der Waals surface area (Å²) in [6, 6.07) is 4.14. The van der Waals surface area contributed by atoms with Crippen molar-refractivity contribution in [1.29, 1.82) is 0 Å². The smallest absolute Gasteiger partial charge is 0.233 e. The van der Waals surface area contributed by atoms with Gasteiger partial charge in [0.1, 0.15) is 0 Å². The van der Waals surface area contributed by atoms with Crippen LogP contribution in [0.25, 0.3) is 10.7 Å². The molecule has 3 heterocycles. The van der Waals surface area contributed by atoms with E-state index in [0.29, 0.717) is 12.5 Å². The third-order valence-corrected chi connectivity index (χ3v) is 8.24. The summed E-state index contributed by atoms with van der Waals surface area (Å²) in [7, 11) is -3.00. The summed E-state index contributed by atoms with van der Waals surface area (Å²) in [6.07, 6.45) is 2.70. The lowest BCUT2D eigenvalue weighted by atomic mass is 10.2. The first-order valence-corrected chi connectivity index (χ1v) is 12.2. The van der Waals surface area contributed by atoms with E-state index in [1.54, 1.807) is 11.3 Å². The second-order valence-electron chi connectivity index (χ2n) is 6.75. The molecule has 4 rings (SSSR count). The Balaban J connectivity index is 1.46. The number of carbonyl (C=O) groups excluding carboxylic acids is 1. The van der Waals surface area contributed by atoms with E-state index in [1.165, 1.54) is 11.8 Å². The topological polar surface area (TPSA) is 93.9 Å². The third kappa shape index (κ3) is 3.81. The number of aromatic nitrogens is 3. The summed E-state index contributed by atoms with van der Waals surface area (Å²) in [6.45, 7) is 1.82. The zero-order valence-electron chi connectivity index (χ0n) is 14.3. The molecule has 1 amide bonds. The van der Waals surface area contributed by atoms with Gasteiger partial charge in [0.2, 0.25) is 5.91 Å². The molecule has 0 radical (unpaired) electrons. The maximum atomic E-state index is 12.5. The number of hydrogen-bond donors (Lipinski definition) is 1. The fourth-order valence-electron chi connectivity index (χ4n) is 3.03. The molecular weight excluding hydrogens is 392 g/mol. The van der Waals surface area contributed by atoms with Gasteiger partial charge in [0.15, 0.2) is 20.8 Å². The predicted octanol–water partition coefficient (Wildman–Crippen LogP) is 2.13. The lowest BCUT2D eigenvalue weighted by molar-refractivity contribution is -0.120. The molecule has 1 saturated heterocycles. The Morgan fingerprint density at radius 1 is 1.38 bits per heavy atom. The first kappa shape index (κ1) is 18.0. The van der Waals surface area contributed by atoms with E-state index in [9.17, 15) is 13.2 Å². The second-order valence-corrected chi connectivity index (χ2v) is 11.2. The van der Waals surface area contributed by atoms with Crippen LogP contribution in [0.2, 0.25) is 0 Å². The molecule has 1 saturated carbocycles. The molecule has 2 aromatic rings. The maximum Gasteiger partial charge on any atom is 0.233 e. The SMILES string of the molecule is C[C@@H](Sc1nnc(-c2cccs2)n1C1CC1)C(=O)N[C@@H]1CCS(=O)(=O)C1. The third-order valence-electron chi connectivity index (χ3n) is 4.55. The molecule has 0 unspecified atom stereocenters. The van der Waals surface area contributed by atoms with Gasteiger partial charge in [-0.15, -0.1) is 21.5 Å². The molecule has 26 heavy (non-hydrogen) atoms. The number of nitrogens with one attached hydrogen (secondary N) is 1. The number of carbonyl (C=O) groups is 1. The van der Waals surface area contributed by atoms with Crippen LogP contribution in [0.3, 0.4) is 0 Å². The van der Waals surface area contributed by atoms with Gasteiger partial charge >= 0.3 is 0 Å². The Bertz CT molecular complexity index is 903. The van der Waals surface area contributed by atoms with Crippen molar-refractivity contribution in [1.82, 2.24) is 20.1 Å². The van der Waals surface area contributed by atoms with E-state index < -0.39 is 9.84 Å². The molecule has 7 nitrogen and oxygen atoms in total. The zero-order chi connectivity index (χ0) is 18.3. The second kappa shape index (κ2) is 6.97. The molecule has 10 heteroatoms. The monoisotopic (exact) mass is 412 g/mol. The van der Waals surface area contributed by atoms with Crippen molar-refractivity contribution in [2.24, 2.45) is 0 Å². The molecule has 0 spiro atoms. The number of hydrogen-bond acceptors (Lipinski definition) is 7. The number of thiophene rings is 1. The fraction of sp³-hybridized carbons (Fsp3) is 0.562. The Labute approximate surface area is 160 Å². The van der Waals surface area contributed by atoms with E-state index in [1.807, 2.05) is 24.4 Å². The van der Waals surface area contributed by atoms with Gasteiger partial charge in [-0.1, -0.05) is 17.8 Å². The van der Waals surface area contributed by atoms with Gasteiger partial charge in [-0.3, -0.25) is 9.36 Å². The van der Waals surface area contributed by atoms with Crippen molar-refractivity contribution >= 4 is 38.8 Å². The quantitative estimate of drug-likeness (QED) is 0.731. The molecule has 2 fully saturated rings. The molecule has 140 valence electrons. The van der Waals surface area contributed by atoms with E-state index >= 15 is 0 Å². The van der Waals surface area contributed by atoms with Crippen LogP contribution in [-0.2, 0) is 14.6 Å². The molecule has 1 N–H and O–H groups in total. The van der Waals surface area contributed by atoms with Crippen LogP contribution in [0, 0.1) is 0 Å². The molecule has 2 aliphatic rings. The van der Waals surface area contributed by atoms with Gasteiger partial charge < -0.3 is 5.32 Å². The molecule has 0 aromatic carbocycles. The minimum absolute atomic E-state index is 0.0386. The van der Waals surface area contributed by atoms with Crippen LogP contribution < -0.4 is 5.32 Å². The minimum Gasteiger partial charge on any atom is -0.351 e. The van der Waals surface area contributed by atoms with Gasteiger partial charge in [0.25, 0.3) is 0 Å². The zero-order valence-corrected chi connectivity index (χ0v) is 16.7. The summed E-state index contributed by atoms with van der Waals surface area (Å²) in [5, 5.41) is 13.9. The summed E-state index contributed by atoms with van der Waals surface area (Å²) < 4.78 is 25.2. The van der Waals surface area contributed by atoms with Crippen LogP contribution in [0.4, 0.5) is 0 Å². The Hall–Kier alpha value is -1.39. The largest absolute Gasteiger partial charge is 0.351 e. The first-order valence-electron chi connectivity index (χ1n) is 8.59. The summed E-state index contributed by atoms with van der Waals surface area (Å²) in [5.74, 6) is 0.899. The van der Waals surface area contributed by atoms with E-state index in [0.717, 1.165) is 28.7 Å². The Morgan fingerprint density at radius 3 is 2.81 bits per heavy atom. The van der Waals surface area contributed by atoms with Gasteiger partial charge in [-0.25, -0.2) is 8.42 Å². The molecule has 1 aliphatic heterocycles. The van der Waals surface area contributed by atoms with Gasteiger partial charge in [-0.05, 0) is 37.6 Å². The molecule has 1 aliphatic carbocycles. The average Bonchev–Trinajstić information content (AvgIpc) is 2.98. The van der Waals surface area contributed by atoms with Crippen molar-refractivity contribution in [3.05, 3.63) is 17.5 Å². The number of sulfone groups is 1. The fourth-order valence-corrected chi connectivity index (χ4v) is 6.34. The average molecular weight is 413 g/mol. The van der Waals surface area contributed by atoms with Crippen molar-refractivity contribution in [2.75, 3.05) is 11.5 Å². The molecule has 2 aromatic heterocycles. The number of thioether (sulfide) groups is 1. The normalized spacial score (nSPS) is 23.0. The van der Waals surface area contributed by atoms with Crippen molar-refractivity contribution in [2.45, 2.75) is 48.7 Å². The summed E-state index contributed by atoms with van der Waals surface area (Å²) in [5.41, 5.74) is 0. The lowest BCUT2D eigenvalue weighted by Crippen LogP contribution is -2.40. The highest BCUT2D eigenvalue weighted by Crippen LogP contribution is 2.42. The maximum absolute atomic E-state index is 12.5. The van der Waals surface area contributed by atoms with Crippen molar-refractivity contribution < 1.29 is 13.2 Å². The first-order chi connectivity index (χ1) is 12.4. The molecule has 0 bridgehead atoms. The van der Waals surface area contributed by atoms with E-state index in [-0.39, 0.29) is 28.7 Å². The number of amides is 1. The standard InChI is InChI=1S/C16H20N4O3S3/c1-10(15(21)17-11-6-8-26(22,23)9-11)25-16-19-18-14(13-3-2-7-24-13)20(16)12-4-5-12/h2-3,7,10-12H,4-6,8-9H2,1H3,(H,17,21)/t10-,11-/m1/s1. The predicted molar refractivity (Wildman–Crippen MR) is 102 cm³/mol. The van der Waals surface area contributed by atoms with Crippen LogP contribution in [0.5, 0.6) is 0 Å². The summed E-state index contributed by atoms with van der Waals surface area (Å²) >= 11 is 3.01. The minimum atomic E-state index is -3.00. The molecule has 2 atom stereocenters. The Morgan fingerprint density at radius 2 is 2.19 bits per heavy atom. The Kier molecular flexibility index (Phi) is 4.83. The van der Waals surface area contributed by atoms with Crippen LogP contribution >= 0.6 is 23.1 Å². The highest BCUT2D eigenvalue weighted by atomic mass is 32.2. The van der Waals surface area contributed by atoms with Gasteiger partial charge in [0, 0.05) is 12.1 Å².